The van der Waals surface area contributed by atoms with Gasteiger partial charge in [-0.3, -0.25) is 9.69 Å². The molecule has 1 aliphatic heterocycles. The number of piperidine rings is 1. The SMILES string of the molecule is Cc1[nH]c2ccc(F)cc2c1C(=O)NC1CCN(Cc2ccc(Cl)cc2)CC1. The van der Waals surface area contributed by atoms with Crippen LogP contribution in [0.5, 0.6) is 0 Å². The van der Waals surface area contributed by atoms with Crippen molar-refractivity contribution in [1.82, 2.24) is 15.2 Å². The molecule has 146 valence electrons. The van der Waals surface area contributed by atoms with Crippen molar-refractivity contribution in [3.63, 3.8) is 0 Å². The molecule has 4 nitrogen and oxygen atoms in total. The van der Waals surface area contributed by atoms with E-state index in [4.69, 9.17) is 11.6 Å². The number of rotatable bonds is 4. The van der Waals surface area contributed by atoms with Crippen LogP contribution in [-0.2, 0) is 6.54 Å². The summed E-state index contributed by atoms with van der Waals surface area (Å²) in [5, 5.41) is 4.52. The number of aryl methyl sites for hydroxylation is 1. The van der Waals surface area contributed by atoms with Gasteiger partial charge >= 0.3 is 0 Å². The largest absolute Gasteiger partial charge is 0.358 e. The average Bonchev–Trinajstić information content (AvgIpc) is 3.00. The van der Waals surface area contributed by atoms with Crippen molar-refractivity contribution in [2.24, 2.45) is 0 Å². The molecule has 2 heterocycles. The molecule has 4 rings (SSSR count). The number of halogens is 2. The Hall–Kier alpha value is -2.37. The molecule has 1 amide bonds. The number of carbonyl (C=O) groups is 1. The van der Waals surface area contributed by atoms with Gasteiger partial charge in [0.05, 0.1) is 5.56 Å². The Morgan fingerprint density at radius 3 is 2.64 bits per heavy atom. The summed E-state index contributed by atoms with van der Waals surface area (Å²) in [4.78, 5) is 18.4. The van der Waals surface area contributed by atoms with Crippen molar-refractivity contribution in [2.75, 3.05) is 13.1 Å². The summed E-state index contributed by atoms with van der Waals surface area (Å²) >= 11 is 5.94. The van der Waals surface area contributed by atoms with Gasteiger partial charge in [-0.25, -0.2) is 4.39 Å². The molecule has 0 radical (unpaired) electrons. The van der Waals surface area contributed by atoms with E-state index in [1.807, 2.05) is 19.1 Å². The molecule has 1 aliphatic rings. The number of H-pyrrole nitrogens is 1. The summed E-state index contributed by atoms with van der Waals surface area (Å²) in [5.74, 6) is -0.471. The quantitative estimate of drug-likeness (QED) is 0.670. The number of likely N-dealkylation sites (tertiary alicyclic amines) is 1. The Morgan fingerprint density at radius 2 is 1.93 bits per heavy atom. The van der Waals surface area contributed by atoms with Crippen LogP contribution >= 0.6 is 11.6 Å². The van der Waals surface area contributed by atoms with Gasteiger partial charge in [0.1, 0.15) is 5.82 Å². The first-order chi connectivity index (χ1) is 13.5. The van der Waals surface area contributed by atoms with E-state index in [0.717, 1.165) is 48.7 Å². The van der Waals surface area contributed by atoms with E-state index in [-0.39, 0.29) is 17.8 Å². The number of benzene rings is 2. The first kappa shape index (κ1) is 19.0. The lowest BCUT2D eigenvalue weighted by Crippen LogP contribution is -2.44. The molecule has 1 fully saturated rings. The van der Waals surface area contributed by atoms with Crippen molar-refractivity contribution in [2.45, 2.75) is 32.4 Å². The third-order valence-electron chi connectivity index (χ3n) is 5.42. The van der Waals surface area contributed by atoms with E-state index in [2.05, 4.69) is 27.3 Å². The summed E-state index contributed by atoms with van der Waals surface area (Å²) in [6.07, 6.45) is 1.80. The summed E-state index contributed by atoms with van der Waals surface area (Å²) < 4.78 is 13.6. The zero-order valence-corrected chi connectivity index (χ0v) is 16.5. The Kier molecular flexibility index (Phi) is 5.38. The Bertz CT molecular complexity index is 991. The van der Waals surface area contributed by atoms with Crippen LogP contribution in [0, 0.1) is 12.7 Å². The summed E-state index contributed by atoms with van der Waals surface area (Å²) in [7, 11) is 0. The lowest BCUT2D eigenvalue weighted by molar-refractivity contribution is 0.0910. The molecule has 28 heavy (non-hydrogen) atoms. The maximum atomic E-state index is 13.6. The smallest absolute Gasteiger partial charge is 0.253 e. The van der Waals surface area contributed by atoms with Gasteiger partial charge in [0.25, 0.3) is 5.91 Å². The van der Waals surface area contributed by atoms with Gasteiger partial charge in [-0.15, -0.1) is 0 Å². The van der Waals surface area contributed by atoms with E-state index >= 15 is 0 Å². The molecule has 2 N–H and O–H groups in total. The normalized spacial score (nSPS) is 15.8. The molecular formula is C22H23ClFN3O. The molecule has 0 aliphatic carbocycles. The van der Waals surface area contributed by atoms with Crippen molar-refractivity contribution < 1.29 is 9.18 Å². The highest BCUT2D eigenvalue weighted by molar-refractivity contribution is 6.30. The lowest BCUT2D eigenvalue weighted by atomic mass is 10.0. The van der Waals surface area contributed by atoms with Crippen molar-refractivity contribution in [3.05, 3.63) is 70.1 Å². The number of aromatic nitrogens is 1. The van der Waals surface area contributed by atoms with Crippen LogP contribution in [0.2, 0.25) is 5.02 Å². The van der Waals surface area contributed by atoms with Crippen LogP contribution in [0.15, 0.2) is 42.5 Å². The predicted octanol–water partition coefficient (Wildman–Crippen LogP) is 4.66. The number of amides is 1. The predicted molar refractivity (Wildman–Crippen MR) is 110 cm³/mol. The Balaban J connectivity index is 1.37. The van der Waals surface area contributed by atoms with Gasteiger partial charge < -0.3 is 10.3 Å². The number of hydrogen-bond donors (Lipinski definition) is 2. The van der Waals surface area contributed by atoms with Crippen molar-refractivity contribution >= 4 is 28.4 Å². The molecule has 0 atom stereocenters. The maximum absolute atomic E-state index is 13.6. The van der Waals surface area contributed by atoms with E-state index in [1.54, 1.807) is 6.07 Å². The fraction of sp³-hybridized carbons (Fsp3) is 0.318. The molecule has 1 aromatic heterocycles. The zero-order valence-electron chi connectivity index (χ0n) is 15.8. The van der Waals surface area contributed by atoms with Crippen LogP contribution in [0.4, 0.5) is 4.39 Å². The number of carbonyl (C=O) groups excluding carboxylic acids is 1. The average molecular weight is 400 g/mol. The molecule has 0 saturated carbocycles. The van der Waals surface area contributed by atoms with Crippen LogP contribution in [0.3, 0.4) is 0 Å². The standard InChI is InChI=1S/C22H23ClFN3O/c1-14-21(19-12-17(24)6-7-20(19)25-14)22(28)26-18-8-10-27(11-9-18)13-15-2-4-16(23)5-3-15/h2-7,12,18,25H,8-11,13H2,1H3,(H,26,28). The highest BCUT2D eigenvalue weighted by Gasteiger charge is 2.23. The van der Waals surface area contributed by atoms with Gasteiger partial charge in [0, 0.05) is 47.3 Å². The maximum Gasteiger partial charge on any atom is 0.253 e. The summed E-state index contributed by atoms with van der Waals surface area (Å²) in [6, 6.07) is 12.5. The second-order valence-electron chi connectivity index (χ2n) is 7.47. The number of nitrogens with one attached hydrogen (secondary N) is 2. The third-order valence-corrected chi connectivity index (χ3v) is 5.67. The monoisotopic (exact) mass is 399 g/mol. The minimum absolute atomic E-state index is 0.131. The number of nitrogens with zero attached hydrogens (tertiary/aromatic N) is 1. The third kappa shape index (κ3) is 4.05. The lowest BCUT2D eigenvalue weighted by Gasteiger charge is -2.32. The van der Waals surface area contributed by atoms with E-state index in [1.165, 1.54) is 17.7 Å². The topological polar surface area (TPSA) is 48.1 Å². The second-order valence-corrected chi connectivity index (χ2v) is 7.90. The first-order valence-corrected chi connectivity index (χ1v) is 9.93. The van der Waals surface area contributed by atoms with Crippen LogP contribution < -0.4 is 5.32 Å². The summed E-state index contributed by atoms with van der Waals surface area (Å²) in [5.41, 5.74) is 3.32. The van der Waals surface area contributed by atoms with Gasteiger partial charge in [-0.05, 0) is 55.7 Å². The molecule has 0 bridgehead atoms. The van der Waals surface area contributed by atoms with Gasteiger partial charge in [0.2, 0.25) is 0 Å². The van der Waals surface area contributed by atoms with Crippen LogP contribution in [0.1, 0.15) is 34.5 Å². The zero-order chi connectivity index (χ0) is 19.7. The van der Waals surface area contributed by atoms with Gasteiger partial charge in [-0.2, -0.15) is 0 Å². The molecule has 6 heteroatoms. The van der Waals surface area contributed by atoms with Gasteiger partial charge in [0.15, 0.2) is 0 Å². The minimum Gasteiger partial charge on any atom is -0.358 e. The highest BCUT2D eigenvalue weighted by Crippen LogP contribution is 2.24. The van der Waals surface area contributed by atoms with E-state index in [9.17, 15) is 9.18 Å². The molecule has 0 unspecified atom stereocenters. The van der Waals surface area contributed by atoms with Gasteiger partial charge in [-0.1, -0.05) is 23.7 Å². The Labute approximate surface area is 168 Å². The second kappa shape index (κ2) is 7.94. The minimum atomic E-state index is -0.337. The van der Waals surface area contributed by atoms with Crippen LogP contribution in [0.25, 0.3) is 10.9 Å². The molecular weight excluding hydrogens is 377 g/mol. The first-order valence-electron chi connectivity index (χ1n) is 9.55. The number of hydrogen-bond acceptors (Lipinski definition) is 2. The molecule has 2 aromatic carbocycles. The molecule has 1 saturated heterocycles. The van der Waals surface area contributed by atoms with Crippen molar-refractivity contribution in [3.8, 4) is 0 Å². The van der Waals surface area contributed by atoms with E-state index < -0.39 is 0 Å². The molecule has 0 spiro atoms. The van der Waals surface area contributed by atoms with Crippen LogP contribution in [-0.4, -0.2) is 34.9 Å². The Morgan fingerprint density at radius 1 is 1.21 bits per heavy atom. The summed E-state index contributed by atoms with van der Waals surface area (Å²) in [6.45, 7) is 4.59. The van der Waals surface area contributed by atoms with E-state index in [0.29, 0.717) is 10.9 Å². The highest BCUT2D eigenvalue weighted by atomic mass is 35.5. The fourth-order valence-corrected chi connectivity index (χ4v) is 4.06. The number of fused-ring (bicyclic) bond motifs is 1. The fourth-order valence-electron chi connectivity index (χ4n) is 3.93. The van der Waals surface area contributed by atoms with Crippen molar-refractivity contribution in [1.29, 1.82) is 0 Å². The molecule has 3 aromatic rings. The number of aromatic amines is 1.